The molecule has 2 aliphatic rings. The monoisotopic (exact) mass is 577 g/mol. The van der Waals surface area contributed by atoms with E-state index >= 15 is 0 Å². The van der Waals surface area contributed by atoms with E-state index in [0.717, 1.165) is 6.92 Å². The third-order valence-corrected chi connectivity index (χ3v) is 6.65. The molecule has 0 saturated carbocycles. The second-order valence-electron chi connectivity index (χ2n) is 9.50. The van der Waals surface area contributed by atoms with Crippen molar-refractivity contribution in [1.29, 1.82) is 0 Å². The van der Waals surface area contributed by atoms with Gasteiger partial charge < -0.3 is 69.9 Å². The first-order valence-corrected chi connectivity index (χ1v) is 12.3. The van der Waals surface area contributed by atoms with E-state index in [1.54, 1.807) is 12.1 Å². The van der Waals surface area contributed by atoms with Gasteiger partial charge in [-0.2, -0.15) is 0 Å². The van der Waals surface area contributed by atoms with Crippen molar-refractivity contribution < 1.29 is 74.1 Å². The molecule has 1 aromatic rings. The molecule has 3 rings (SSSR count). The van der Waals surface area contributed by atoms with Gasteiger partial charge in [0, 0.05) is 13.3 Å². The molecule has 40 heavy (non-hydrogen) atoms. The number of nitrogens with one attached hydrogen (secondary N) is 1. The first-order valence-electron chi connectivity index (χ1n) is 12.3. The molecule has 0 bridgehead atoms. The zero-order valence-corrected chi connectivity index (χ0v) is 21.6. The molecule has 9 unspecified atom stereocenters. The molecule has 16 nitrogen and oxygen atoms in total. The van der Waals surface area contributed by atoms with Gasteiger partial charge in [0.15, 0.2) is 0 Å². The first-order chi connectivity index (χ1) is 18.8. The topological polar surface area (TPSA) is 254 Å². The van der Waals surface area contributed by atoms with E-state index in [9.17, 15) is 50.4 Å². The van der Waals surface area contributed by atoms with Gasteiger partial charge in [0.1, 0.15) is 54.2 Å². The van der Waals surface area contributed by atoms with Gasteiger partial charge in [-0.3, -0.25) is 4.79 Å². The summed E-state index contributed by atoms with van der Waals surface area (Å²) in [6.07, 6.45) is -16.4. The third-order valence-electron chi connectivity index (χ3n) is 6.65. The molecular formula is C24H35NO15. The Morgan fingerprint density at radius 3 is 2.25 bits per heavy atom. The lowest BCUT2D eigenvalue weighted by Crippen LogP contribution is -2.68. The Hall–Kier alpha value is -2.64. The summed E-state index contributed by atoms with van der Waals surface area (Å²) < 4.78 is 27.2. The molecule has 11 atom stereocenters. The summed E-state index contributed by atoms with van der Waals surface area (Å²) in [6, 6.07) is 4.70. The van der Waals surface area contributed by atoms with Crippen molar-refractivity contribution in [3.05, 3.63) is 24.3 Å². The van der Waals surface area contributed by atoms with Crippen molar-refractivity contribution in [2.45, 2.75) is 80.3 Å². The minimum Gasteiger partial charge on any atom is -0.497 e. The Bertz CT molecular complexity index is 995. The van der Waals surface area contributed by atoms with Crippen molar-refractivity contribution in [1.82, 2.24) is 5.32 Å². The van der Waals surface area contributed by atoms with Gasteiger partial charge in [0.25, 0.3) is 5.79 Å². The van der Waals surface area contributed by atoms with Crippen molar-refractivity contribution in [3.63, 3.8) is 0 Å². The highest BCUT2D eigenvalue weighted by Crippen LogP contribution is 2.35. The van der Waals surface area contributed by atoms with E-state index in [1.807, 2.05) is 0 Å². The molecule has 2 saturated heterocycles. The van der Waals surface area contributed by atoms with Crippen molar-refractivity contribution in [2.24, 2.45) is 0 Å². The maximum atomic E-state index is 12.3. The zero-order valence-electron chi connectivity index (χ0n) is 21.6. The lowest BCUT2D eigenvalue weighted by Gasteiger charge is -2.47. The predicted octanol–water partition coefficient (Wildman–Crippen LogP) is -3.95. The molecule has 0 aromatic heterocycles. The van der Waals surface area contributed by atoms with Crippen molar-refractivity contribution >= 4 is 11.9 Å². The molecule has 0 radical (unpaired) electrons. The number of carboxylic acids is 1. The number of amides is 1. The predicted molar refractivity (Wildman–Crippen MR) is 129 cm³/mol. The van der Waals surface area contributed by atoms with Crippen LogP contribution in [-0.2, 0) is 23.8 Å². The highest BCUT2D eigenvalue weighted by molar-refractivity contribution is 5.76. The molecule has 9 N–H and O–H groups in total. The van der Waals surface area contributed by atoms with Crippen molar-refractivity contribution in [2.75, 3.05) is 20.3 Å². The largest absolute Gasteiger partial charge is 0.497 e. The van der Waals surface area contributed by atoms with Gasteiger partial charge in [-0.05, 0) is 24.3 Å². The molecule has 2 aliphatic heterocycles. The maximum Gasteiger partial charge on any atom is 0.364 e. The number of hydrogen-bond donors (Lipinski definition) is 9. The van der Waals surface area contributed by atoms with E-state index < -0.39 is 98.5 Å². The van der Waals surface area contributed by atoms with Crippen LogP contribution in [0.1, 0.15) is 13.3 Å². The lowest BCUT2D eigenvalue weighted by molar-refractivity contribution is -0.332. The van der Waals surface area contributed by atoms with Gasteiger partial charge in [-0.25, -0.2) is 4.79 Å². The van der Waals surface area contributed by atoms with Gasteiger partial charge >= 0.3 is 5.97 Å². The molecule has 0 spiro atoms. The number of carboxylic acid groups (broad SMARTS) is 1. The van der Waals surface area contributed by atoms with Gasteiger partial charge in [0.2, 0.25) is 12.2 Å². The molecule has 1 aromatic carbocycles. The van der Waals surface area contributed by atoms with Crippen LogP contribution in [0.4, 0.5) is 0 Å². The Balaban J connectivity index is 1.80. The molecule has 0 aliphatic carbocycles. The third kappa shape index (κ3) is 6.98. The fourth-order valence-electron chi connectivity index (χ4n) is 4.43. The van der Waals surface area contributed by atoms with E-state index in [-0.39, 0.29) is 5.75 Å². The van der Waals surface area contributed by atoms with Crippen LogP contribution in [0.2, 0.25) is 0 Å². The van der Waals surface area contributed by atoms with Crippen LogP contribution in [0.25, 0.3) is 0 Å². The number of aliphatic carboxylic acids is 1. The number of rotatable bonds is 11. The van der Waals surface area contributed by atoms with E-state index in [2.05, 4.69) is 5.32 Å². The van der Waals surface area contributed by atoms with Gasteiger partial charge in [0.05, 0.1) is 32.5 Å². The van der Waals surface area contributed by atoms with E-state index in [1.165, 1.54) is 19.2 Å². The van der Waals surface area contributed by atoms with Gasteiger partial charge in [-0.15, -0.1) is 0 Å². The SMILES string of the molecule is COc1ccc(OC2OC(COC3(C(=O)O)CC(O)C(NC(C)=O)C([C@@H](O)[C@@H](O)CO)O3)C(O)C(O)C2O)cc1. The standard InChI is InChI=1S/C24H35NO15/c1-10(27)25-16-13(28)7-24(23(34)35,40-21(16)17(30)14(29)8-26)37-9-15-18(31)19(32)20(33)22(39-15)38-12-5-3-11(36-2)4-6-12/h3-6,13-22,26,28-33H,7-9H2,1-2H3,(H,25,27)(H,34,35)/t13?,14-,15?,16?,17-,18?,19?,20?,21?,22?,24?/m0/s1. The van der Waals surface area contributed by atoms with Gasteiger partial charge in [-0.1, -0.05) is 0 Å². The van der Waals surface area contributed by atoms with E-state index in [0.29, 0.717) is 5.75 Å². The maximum absolute atomic E-state index is 12.3. The lowest BCUT2D eigenvalue weighted by atomic mass is 9.88. The number of methoxy groups -OCH3 is 1. The summed E-state index contributed by atoms with van der Waals surface area (Å²) in [5.74, 6) is -4.42. The summed E-state index contributed by atoms with van der Waals surface area (Å²) in [5, 5.41) is 83.9. The van der Waals surface area contributed by atoms with Crippen LogP contribution in [0.5, 0.6) is 11.5 Å². The molecule has 2 fully saturated rings. The second-order valence-corrected chi connectivity index (χ2v) is 9.50. The van der Waals surface area contributed by atoms with Crippen LogP contribution in [0.15, 0.2) is 24.3 Å². The number of carbonyl (C=O) groups excluding carboxylic acids is 1. The molecular weight excluding hydrogens is 542 g/mol. The van der Waals surface area contributed by atoms with Crippen LogP contribution in [-0.4, -0.2) is 140 Å². The van der Waals surface area contributed by atoms with E-state index in [4.69, 9.17) is 23.7 Å². The van der Waals surface area contributed by atoms with Crippen LogP contribution >= 0.6 is 0 Å². The average molecular weight is 578 g/mol. The van der Waals surface area contributed by atoms with Crippen LogP contribution in [0.3, 0.4) is 0 Å². The minimum atomic E-state index is -2.70. The fraction of sp³-hybridized carbons (Fsp3) is 0.667. The molecule has 1 amide bonds. The average Bonchev–Trinajstić information content (AvgIpc) is 2.93. The number of aliphatic hydroxyl groups excluding tert-OH is 7. The second kappa shape index (κ2) is 13.3. The Labute approximate surface area is 228 Å². The smallest absolute Gasteiger partial charge is 0.364 e. The number of carbonyl (C=O) groups is 2. The number of hydrogen-bond acceptors (Lipinski definition) is 14. The van der Waals surface area contributed by atoms with Crippen LogP contribution < -0.4 is 14.8 Å². The summed E-state index contributed by atoms with van der Waals surface area (Å²) in [4.78, 5) is 24.0. The molecule has 226 valence electrons. The molecule has 2 heterocycles. The number of benzene rings is 1. The minimum absolute atomic E-state index is 0.206. The highest BCUT2D eigenvalue weighted by Gasteiger charge is 2.56. The number of ether oxygens (including phenoxy) is 5. The quantitative estimate of drug-likeness (QED) is 0.122. The Morgan fingerprint density at radius 2 is 1.70 bits per heavy atom. The zero-order chi connectivity index (χ0) is 29.8. The fourth-order valence-corrected chi connectivity index (χ4v) is 4.43. The Kier molecular flexibility index (Phi) is 10.6. The molecule has 16 heteroatoms. The number of aliphatic hydroxyl groups is 7. The van der Waals surface area contributed by atoms with Crippen molar-refractivity contribution in [3.8, 4) is 11.5 Å². The summed E-state index contributed by atoms with van der Waals surface area (Å²) in [6.45, 7) is -0.647. The van der Waals surface area contributed by atoms with Crippen LogP contribution in [0, 0.1) is 0 Å². The Morgan fingerprint density at radius 1 is 1.07 bits per heavy atom. The summed E-state index contributed by atoms with van der Waals surface area (Å²) in [5.41, 5.74) is 0. The summed E-state index contributed by atoms with van der Waals surface area (Å²) in [7, 11) is 1.46. The highest BCUT2D eigenvalue weighted by atomic mass is 16.7. The summed E-state index contributed by atoms with van der Waals surface area (Å²) >= 11 is 0. The first kappa shape index (κ1) is 31.9. The normalized spacial score (nSPS) is 35.8.